The van der Waals surface area contributed by atoms with Gasteiger partial charge in [-0.2, -0.15) is 18.4 Å². The zero-order valence-electron chi connectivity index (χ0n) is 15.0. The molecule has 0 aliphatic heterocycles. The fraction of sp³-hybridized carbons (Fsp3) is 0.238. The van der Waals surface area contributed by atoms with Gasteiger partial charge in [0.1, 0.15) is 11.6 Å². The predicted octanol–water partition coefficient (Wildman–Crippen LogP) is 5.38. The Morgan fingerprint density at radius 3 is 2.19 bits per heavy atom. The summed E-state index contributed by atoms with van der Waals surface area (Å²) in [4.78, 5) is 12.6. The molecule has 6 heteroatoms. The van der Waals surface area contributed by atoms with Crippen LogP contribution >= 0.6 is 0 Å². The van der Waals surface area contributed by atoms with Gasteiger partial charge in [-0.1, -0.05) is 50.2 Å². The number of alkyl halides is 3. The molecule has 0 atom stereocenters. The van der Waals surface area contributed by atoms with Crippen molar-refractivity contribution in [2.75, 3.05) is 5.32 Å². The third-order valence-electron chi connectivity index (χ3n) is 4.17. The van der Waals surface area contributed by atoms with Gasteiger partial charge in [0.25, 0.3) is 5.91 Å². The van der Waals surface area contributed by atoms with Gasteiger partial charge in [0, 0.05) is 5.69 Å². The van der Waals surface area contributed by atoms with E-state index in [2.05, 4.69) is 5.32 Å². The van der Waals surface area contributed by atoms with E-state index in [1.165, 1.54) is 18.2 Å². The first-order valence-electron chi connectivity index (χ1n) is 8.51. The molecule has 0 spiro atoms. The Morgan fingerprint density at radius 1 is 1.07 bits per heavy atom. The SMILES string of the molecule is CCc1cccc(CC)c1NC(=O)C(C#N)=Cc1ccccc1C(F)(F)F. The highest BCUT2D eigenvalue weighted by atomic mass is 19.4. The fourth-order valence-corrected chi connectivity index (χ4v) is 2.77. The van der Waals surface area contributed by atoms with Crippen molar-refractivity contribution in [3.63, 3.8) is 0 Å². The zero-order valence-corrected chi connectivity index (χ0v) is 15.0. The van der Waals surface area contributed by atoms with Crippen molar-refractivity contribution in [1.29, 1.82) is 5.26 Å². The number of nitriles is 1. The predicted molar refractivity (Wildman–Crippen MR) is 98.9 cm³/mol. The number of amides is 1. The van der Waals surface area contributed by atoms with Crippen LogP contribution in [0.2, 0.25) is 0 Å². The molecule has 0 saturated heterocycles. The lowest BCUT2D eigenvalue weighted by atomic mass is 10.0. The van der Waals surface area contributed by atoms with E-state index in [-0.39, 0.29) is 11.1 Å². The summed E-state index contributed by atoms with van der Waals surface area (Å²) in [7, 11) is 0. The summed E-state index contributed by atoms with van der Waals surface area (Å²) in [6.45, 7) is 3.87. The normalized spacial score (nSPS) is 11.8. The van der Waals surface area contributed by atoms with Crippen LogP contribution in [0.1, 0.15) is 36.1 Å². The molecule has 0 radical (unpaired) electrons. The van der Waals surface area contributed by atoms with Crippen LogP contribution in [0.4, 0.5) is 18.9 Å². The third-order valence-corrected chi connectivity index (χ3v) is 4.17. The third kappa shape index (κ3) is 4.76. The Labute approximate surface area is 156 Å². The minimum atomic E-state index is -4.58. The summed E-state index contributed by atoms with van der Waals surface area (Å²) < 4.78 is 39.4. The molecule has 0 saturated carbocycles. The number of hydrogen-bond donors (Lipinski definition) is 1. The minimum absolute atomic E-state index is 0.226. The molecule has 140 valence electrons. The van der Waals surface area contributed by atoms with E-state index >= 15 is 0 Å². The number of carbonyl (C=O) groups excluding carboxylic acids is 1. The maximum atomic E-state index is 13.1. The molecular weight excluding hydrogens is 353 g/mol. The molecule has 0 fully saturated rings. The second-order valence-electron chi connectivity index (χ2n) is 5.87. The average Bonchev–Trinajstić information content (AvgIpc) is 2.65. The van der Waals surface area contributed by atoms with E-state index in [9.17, 15) is 23.2 Å². The highest BCUT2D eigenvalue weighted by molar-refractivity contribution is 6.10. The summed E-state index contributed by atoms with van der Waals surface area (Å²) >= 11 is 0. The lowest BCUT2D eigenvalue weighted by Gasteiger charge is -2.14. The number of nitrogens with zero attached hydrogens (tertiary/aromatic N) is 1. The van der Waals surface area contributed by atoms with E-state index in [0.29, 0.717) is 18.5 Å². The maximum Gasteiger partial charge on any atom is 0.416 e. The lowest BCUT2D eigenvalue weighted by molar-refractivity contribution is -0.137. The molecule has 2 aromatic rings. The molecule has 0 aliphatic rings. The van der Waals surface area contributed by atoms with Crippen molar-refractivity contribution in [3.05, 3.63) is 70.3 Å². The summed E-state index contributed by atoms with van der Waals surface area (Å²) in [6.07, 6.45) is -2.26. The second-order valence-corrected chi connectivity index (χ2v) is 5.87. The van der Waals surface area contributed by atoms with Gasteiger partial charge >= 0.3 is 6.18 Å². The van der Waals surface area contributed by atoms with Crippen molar-refractivity contribution in [1.82, 2.24) is 0 Å². The van der Waals surface area contributed by atoms with E-state index in [1.807, 2.05) is 32.0 Å². The molecule has 1 N–H and O–H groups in total. The maximum absolute atomic E-state index is 13.1. The van der Waals surface area contributed by atoms with Gasteiger partial charge in [-0.15, -0.1) is 0 Å². The Bertz CT molecular complexity index is 886. The monoisotopic (exact) mass is 372 g/mol. The number of rotatable bonds is 5. The van der Waals surface area contributed by atoms with Crippen molar-refractivity contribution < 1.29 is 18.0 Å². The van der Waals surface area contributed by atoms with Crippen LogP contribution in [0.3, 0.4) is 0 Å². The number of para-hydroxylation sites is 1. The highest BCUT2D eigenvalue weighted by Crippen LogP contribution is 2.33. The summed E-state index contributed by atoms with van der Waals surface area (Å²) in [5.41, 5.74) is 0.897. The van der Waals surface area contributed by atoms with Gasteiger partial charge in [0.2, 0.25) is 0 Å². The Hall–Kier alpha value is -3.07. The quantitative estimate of drug-likeness (QED) is 0.566. The first kappa shape index (κ1) is 20.2. The average molecular weight is 372 g/mol. The number of hydrogen-bond acceptors (Lipinski definition) is 2. The number of anilines is 1. The Morgan fingerprint density at radius 2 is 1.67 bits per heavy atom. The van der Waals surface area contributed by atoms with Crippen LogP contribution in [0.15, 0.2) is 48.0 Å². The van der Waals surface area contributed by atoms with Crippen LogP contribution < -0.4 is 5.32 Å². The van der Waals surface area contributed by atoms with Crippen molar-refractivity contribution in [3.8, 4) is 6.07 Å². The zero-order chi connectivity index (χ0) is 20.0. The van der Waals surface area contributed by atoms with Crippen LogP contribution in [0.5, 0.6) is 0 Å². The Kier molecular flexibility index (Phi) is 6.40. The number of nitrogens with one attached hydrogen (secondary N) is 1. The van der Waals surface area contributed by atoms with Gasteiger partial charge in [-0.25, -0.2) is 0 Å². The molecule has 0 aromatic heterocycles. The smallest absolute Gasteiger partial charge is 0.321 e. The molecule has 27 heavy (non-hydrogen) atoms. The molecule has 0 bridgehead atoms. The van der Waals surface area contributed by atoms with Crippen LogP contribution in [0.25, 0.3) is 6.08 Å². The topological polar surface area (TPSA) is 52.9 Å². The van der Waals surface area contributed by atoms with Gasteiger partial charge in [0.05, 0.1) is 5.56 Å². The molecule has 1 amide bonds. The molecule has 2 aromatic carbocycles. The van der Waals surface area contributed by atoms with E-state index in [1.54, 1.807) is 6.07 Å². The van der Waals surface area contributed by atoms with E-state index in [4.69, 9.17) is 0 Å². The molecular formula is C21H19F3N2O. The number of aryl methyl sites for hydroxylation is 2. The van der Waals surface area contributed by atoms with Gasteiger partial charge < -0.3 is 5.32 Å². The fourth-order valence-electron chi connectivity index (χ4n) is 2.77. The largest absolute Gasteiger partial charge is 0.416 e. The molecule has 0 unspecified atom stereocenters. The van der Waals surface area contributed by atoms with Crippen LogP contribution in [-0.2, 0) is 23.8 Å². The standard InChI is InChI=1S/C21H19F3N2O/c1-3-14-9-7-10-15(4-2)19(14)26-20(27)17(13-25)12-16-8-5-6-11-18(16)21(22,23)24/h5-12H,3-4H2,1-2H3,(H,26,27). The molecule has 3 nitrogen and oxygen atoms in total. The summed E-state index contributed by atoms with van der Waals surface area (Å²) in [5, 5.41) is 12.0. The van der Waals surface area contributed by atoms with Gasteiger partial charge in [-0.05, 0) is 41.7 Å². The van der Waals surface area contributed by atoms with Crippen LogP contribution in [-0.4, -0.2) is 5.91 Å². The number of benzene rings is 2. The Balaban J connectivity index is 2.42. The molecule has 2 rings (SSSR count). The summed E-state index contributed by atoms with van der Waals surface area (Å²) in [5.74, 6) is -0.731. The highest BCUT2D eigenvalue weighted by Gasteiger charge is 2.32. The lowest BCUT2D eigenvalue weighted by Crippen LogP contribution is -2.16. The van der Waals surface area contributed by atoms with E-state index in [0.717, 1.165) is 23.3 Å². The number of carbonyl (C=O) groups is 1. The molecule has 0 aliphatic carbocycles. The van der Waals surface area contributed by atoms with Gasteiger partial charge in [0.15, 0.2) is 0 Å². The van der Waals surface area contributed by atoms with E-state index < -0.39 is 17.6 Å². The first-order valence-corrected chi connectivity index (χ1v) is 8.51. The van der Waals surface area contributed by atoms with Crippen molar-refractivity contribution in [2.45, 2.75) is 32.9 Å². The van der Waals surface area contributed by atoms with Crippen LogP contribution in [0, 0.1) is 11.3 Å². The first-order chi connectivity index (χ1) is 12.8. The second kappa shape index (κ2) is 8.54. The van der Waals surface area contributed by atoms with Crippen molar-refractivity contribution in [2.24, 2.45) is 0 Å². The van der Waals surface area contributed by atoms with Crippen molar-refractivity contribution >= 4 is 17.7 Å². The summed E-state index contributed by atoms with van der Waals surface area (Å²) in [6, 6.07) is 12.1. The number of halogens is 3. The molecule has 0 heterocycles. The van der Waals surface area contributed by atoms with Gasteiger partial charge in [-0.3, -0.25) is 4.79 Å². The minimum Gasteiger partial charge on any atom is -0.321 e.